The fourth-order valence-corrected chi connectivity index (χ4v) is 15.4. The minimum Gasteiger partial charge on any atom is -0.311 e. The third-order valence-corrected chi connectivity index (χ3v) is 20.3. The Hall–Kier alpha value is -14.4. The molecular formula is C94H60BN11. The van der Waals surface area contributed by atoms with Gasteiger partial charge in [0.1, 0.15) is 0 Å². The van der Waals surface area contributed by atoms with E-state index in [1.807, 2.05) is 127 Å². The van der Waals surface area contributed by atoms with Crippen LogP contribution in [-0.2, 0) is 0 Å². The number of nitrogens with zero attached hydrogens (tertiary/aromatic N) is 11. The molecule has 0 radical (unpaired) electrons. The molecule has 18 aromatic rings. The quantitative estimate of drug-likeness (QED) is 0.103. The molecule has 0 saturated carbocycles. The minimum atomic E-state index is -0.00662. The highest BCUT2D eigenvalue weighted by molar-refractivity contribution is 7.00. The molecule has 6 heterocycles. The maximum Gasteiger partial charge on any atom is 0.252 e. The maximum atomic E-state index is 5.74. The zero-order valence-corrected chi connectivity index (χ0v) is 57.1. The standard InChI is InChI=1S/C94H60BN11/c1-8-28-62(29-9-1)78-60-79(97-88(96-78)67-50-48-61(49-51-67)70-58-85-87-86(59-70)105(72-40-20-7-21-41-72)84-47-27-24-44-77(84)95(87)76-43-23-26-46-83(76)104(85)71-38-18-6-19-39-71)75-57-69(94-102-91(65-34-14-4-15-35-65)99-92(103-94)66-36-16-5-17-37-66)53-55-82(75)106-80-45-25-22-42-73(80)74-56-68(52-54-81(74)106)93-100-89(63-30-10-2-11-31-63)98-90(101-93)64-32-12-3-13-33-64/h1-60H. The lowest BCUT2D eigenvalue weighted by molar-refractivity contribution is 1.07. The van der Waals surface area contributed by atoms with Crippen molar-refractivity contribution < 1.29 is 0 Å². The summed E-state index contributed by atoms with van der Waals surface area (Å²) in [5, 5.41) is 2.08. The van der Waals surface area contributed by atoms with Crippen molar-refractivity contribution in [1.29, 1.82) is 0 Å². The largest absolute Gasteiger partial charge is 0.311 e. The van der Waals surface area contributed by atoms with E-state index in [1.54, 1.807) is 0 Å². The fraction of sp³-hybridized carbons (Fsp3) is 0. The Morgan fingerprint density at radius 3 is 1.07 bits per heavy atom. The van der Waals surface area contributed by atoms with E-state index in [9.17, 15) is 0 Å². The Morgan fingerprint density at radius 2 is 0.566 bits per heavy atom. The van der Waals surface area contributed by atoms with Gasteiger partial charge in [0.15, 0.2) is 40.8 Å². The van der Waals surface area contributed by atoms with Gasteiger partial charge in [-0.1, -0.05) is 267 Å². The lowest BCUT2D eigenvalue weighted by Crippen LogP contribution is -2.61. The molecule has 14 aromatic carbocycles. The Morgan fingerprint density at radius 1 is 0.208 bits per heavy atom. The molecule has 494 valence electrons. The van der Waals surface area contributed by atoms with E-state index in [4.69, 9.17) is 39.9 Å². The van der Waals surface area contributed by atoms with Crippen LogP contribution >= 0.6 is 0 Å². The minimum absolute atomic E-state index is 0.00662. The molecule has 2 aliphatic rings. The topological polar surface area (TPSA) is 115 Å². The normalized spacial score (nSPS) is 12.1. The summed E-state index contributed by atoms with van der Waals surface area (Å²) in [5.41, 5.74) is 24.9. The van der Waals surface area contributed by atoms with E-state index in [-0.39, 0.29) is 6.71 Å². The van der Waals surface area contributed by atoms with Crippen LogP contribution in [0.3, 0.4) is 0 Å². The number of hydrogen-bond acceptors (Lipinski definition) is 10. The van der Waals surface area contributed by atoms with Gasteiger partial charge < -0.3 is 14.4 Å². The van der Waals surface area contributed by atoms with Crippen LogP contribution < -0.4 is 26.2 Å². The van der Waals surface area contributed by atoms with E-state index in [0.717, 1.165) is 129 Å². The number of aromatic nitrogens is 9. The highest BCUT2D eigenvalue weighted by atomic mass is 15.2. The van der Waals surface area contributed by atoms with Crippen molar-refractivity contribution in [2.75, 3.05) is 9.80 Å². The smallest absolute Gasteiger partial charge is 0.252 e. The molecule has 106 heavy (non-hydrogen) atoms. The molecule has 12 heteroatoms. The summed E-state index contributed by atoms with van der Waals surface area (Å²) in [6.07, 6.45) is 0. The van der Waals surface area contributed by atoms with Crippen LogP contribution in [0.15, 0.2) is 364 Å². The van der Waals surface area contributed by atoms with Crippen molar-refractivity contribution in [2.45, 2.75) is 0 Å². The van der Waals surface area contributed by atoms with E-state index in [2.05, 4.69) is 251 Å². The van der Waals surface area contributed by atoms with Gasteiger partial charge in [-0.2, -0.15) is 0 Å². The fourth-order valence-electron chi connectivity index (χ4n) is 15.4. The number of benzene rings is 14. The molecule has 0 saturated heterocycles. The van der Waals surface area contributed by atoms with Crippen molar-refractivity contribution in [3.05, 3.63) is 364 Å². The molecule has 20 rings (SSSR count). The summed E-state index contributed by atoms with van der Waals surface area (Å²) >= 11 is 0. The second-order valence-electron chi connectivity index (χ2n) is 26.6. The van der Waals surface area contributed by atoms with Crippen molar-refractivity contribution in [3.8, 4) is 119 Å². The number of fused-ring (bicyclic) bond motifs is 7. The zero-order chi connectivity index (χ0) is 70.0. The Balaban J connectivity index is 0.779. The van der Waals surface area contributed by atoms with Gasteiger partial charge in [-0.25, -0.2) is 39.9 Å². The van der Waals surface area contributed by atoms with Gasteiger partial charge >= 0.3 is 0 Å². The van der Waals surface area contributed by atoms with Gasteiger partial charge in [0.2, 0.25) is 0 Å². The Bertz CT molecular complexity index is 6160. The summed E-state index contributed by atoms with van der Waals surface area (Å²) in [5.74, 6) is 3.97. The van der Waals surface area contributed by atoms with Crippen LogP contribution in [0, 0.1) is 0 Å². The van der Waals surface area contributed by atoms with Gasteiger partial charge in [0, 0.05) is 95.0 Å². The molecule has 0 spiro atoms. The Labute approximate surface area is 612 Å². The van der Waals surface area contributed by atoms with Crippen LogP contribution in [0.5, 0.6) is 0 Å². The van der Waals surface area contributed by atoms with Crippen molar-refractivity contribution in [3.63, 3.8) is 0 Å². The lowest BCUT2D eigenvalue weighted by Gasteiger charge is -2.44. The van der Waals surface area contributed by atoms with Crippen LogP contribution in [0.25, 0.3) is 141 Å². The first-order valence-corrected chi connectivity index (χ1v) is 35.6. The van der Waals surface area contributed by atoms with E-state index >= 15 is 0 Å². The average Bonchev–Trinajstić information content (AvgIpc) is 0.946. The first-order valence-electron chi connectivity index (χ1n) is 35.6. The highest BCUT2D eigenvalue weighted by Crippen LogP contribution is 2.47. The van der Waals surface area contributed by atoms with Crippen LogP contribution in [-0.4, -0.2) is 51.2 Å². The molecule has 0 fully saturated rings. The second-order valence-corrected chi connectivity index (χ2v) is 26.6. The van der Waals surface area contributed by atoms with Gasteiger partial charge in [0.25, 0.3) is 6.71 Å². The van der Waals surface area contributed by atoms with Gasteiger partial charge in [-0.05, 0) is 125 Å². The lowest BCUT2D eigenvalue weighted by atomic mass is 9.33. The molecule has 0 atom stereocenters. The summed E-state index contributed by atoms with van der Waals surface area (Å²) < 4.78 is 2.35. The van der Waals surface area contributed by atoms with E-state index in [0.29, 0.717) is 46.5 Å². The van der Waals surface area contributed by atoms with Gasteiger partial charge in [-0.15, -0.1) is 0 Å². The molecule has 2 aliphatic heterocycles. The predicted octanol–water partition coefficient (Wildman–Crippen LogP) is 20.7. The Kier molecular flexibility index (Phi) is 15.0. The van der Waals surface area contributed by atoms with Crippen molar-refractivity contribution in [2.24, 2.45) is 0 Å². The summed E-state index contributed by atoms with van der Waals surface area (Å²) in [4.78, 5) is 47.3. The summed E-state index contributed by atoms with van der Waals surface area (Å²) in [6.45, 7) is -0.00662. The molecule has 0 bridgehead atoms. The molecule has 11 nitrogen and oxygen atoms in total. The zero-order valence-electron chi connectivity index (χ0n) is 57.1. The van der Waals surface area contributed by atoms with Crippen LogP contribution in [0.1, 0.15) is 0 Å². The molecule has 0 aliphatic carbocycles. The number of para-hydroxylation sites is 5. The number of anilines is 6. The van der Waals surface area contributed by atoms with Crippen molar-refractivity contribution >= 4 is 79.0 Å². The van der Waals surface area contributed by atoms with Crippen LogP contribution in [0.2, 0.25) is 0 Å². The van der Waals surface area contributed by atoms with E-state index < -0.39 is 0 Å². The monoisotopic (exact) mass is 1350 g/mol. The third-order valence-electron chi connectivity index (χ3n) is 20.3. The average molecular weight is 1350 g/mol. The maximum absolute atomic E-state index is 5.74. The number of rotatable bonds is 13. The van der Waals surface area contributed by atoms with Crippen LogP contribution in [0.4, 0.5) is 34.1 Å². The molecule has 0 unspecified atom stereocenters. The molecule has 4 aromatic heterocycles. The summed E-state index contributed by atoms with van der Waals surface area (Å²) in [6, 6.07) is 128. The predicted molar refractivity (Wildman–Crippen MR) is 432 cm³/mol. The first kappa shape index (κ1) is 61.5. The second kappa shape index (κ2) is 25.9. The number of hydrogen-bond donors (Lipinski definition) is 0. The first-order chi connectivity index (χ1) is 52.5. The highest BCUT2D eigenvalue weighted by Gasteiger charge is 2.43. The van der Waals surface area contributed by atoms with E-state index in [1.165, 1.54) is 16.4 Å². The third kappa shape index (κ3) is 10.9. The molecule has 0 amide bonds. The van der Waals surface area contributed by atoms with Gasteiger partial charge in [-0.3, -0.25) is 0 Å². The van der Waals surface area contributed by atoms with Gasteiger partial charge in [0.05, 0.1) is 28.1 Å². The summed E-state index contributed by atoms with van der Waals surface area (Å²) in [7, 11) is 0. The molecular weight excluding hydrogens is 1290 g/mol. The SMILES string of the molecule is c1ccc(-c2cc(-c3cc(-c4nc(-c5ccccc5)nc(-c5ccccc5)n4)ccc3-n3c4ccccc4c4cc(-c5nc(-c6ccccc6)nc(-c6ccccc6)n5)ccc43)nc(-c3ccc(-c4cc5c6c(c4)N(c4ccccc4)c4ccccc4B6c4ccccc4N5c4ccccc4)cc3)n2)cc1. The van der Waals surface area contributed by atoms with Crippen molar-refractivity contribution in [1.82, 2.24) is 44.4 Å². The molecule has 0 N–H and O–H groups in total.